The lowest BCUT2D eigenvalue weighted by Gasteiger charge is -2.15. The Hall–Kier alpha value is -2.27. The fraction of sp³-hybridized carbons (Fsp3) is 0.385. The van der Waals surface area contributed by atoms with Crippen molar-refractivity contribution < 1.29 is 32.5 Å². The molecule has 0 aliphatic heterocycles. The monoisotopic (exact) mass is 303 g/mol. The molecule has 114 valence electrons. The smallest absolute Gasteiger partial charge is 0.466 e. The Morgan fingerprint density at radius 2 is 2.10 bits per heavy atom. The Bertz CT molecular complexity index is 564. The van der Waals surface area contributed by atoms with Gasteiger partial charge in [-0.1, -0.05) is 6.07 Å². The fourth-order valence-electron chi connectivity index (χ4n) is 1.71. The fourth-order valence-corrected chi connectivity index (χ4v) is 1.71. The average Bonchev–Trinajstić information content (AvgIpc) is 2.37. The molecule has 0 aliphatic carbocycles. The zero-order chi connectivity index (χ0) is 16.0. The number of esters is 1. The van der Waals surface area contributed by atoms with E-state index in [9.17, 15) is 23.1 Å². The summed E-state index contributed by atoms with van der Waals surface area (Å²) in [5, 5.41) is 18.2. The van der Waals surface area contributed by atoms with Gasteiger partial charge in [0.05, 0.1) is 25.2 Å². The summed E-state index contributed by atoms with van der Waals surface area (Å²) >= 11 is 0. The van der Waals surface area contributed by atoms with Crippen LogP contribution < -0.4 is 4.74 Å². The van der Waals surface area contributed by atoms with Crippen molar-refractivity contribution in [2.75, 3.05) is 6.61 Å². The first-order valence-corrected chi connectivity index (χ1v) is 5.89. The minimum absolute atomic E-state index is 0.0415. The zero-order valence-electron chi connectivity index (χ0n) is 11.0. The highest BCUT2D eigenvalue weighted by Crippen LogP contribution is 2.30. The lowest BCUT2D eigenvalue weighted by molar-refractivity contribution is -0.274. The molecule has 0 bridgehead atoms. The molecule has 0 heterocycles. The van der Waals surface area contributed by atoms with Crippen LogP contribution in [-0.4, -0.2) is 24.0 Å². The number of nitriles is 1. The van der Waals surface area contributed by atoms with E-state index in [1.54, 1.807) is 13.0 Å². The van der Waals surface area contributed by atoms with Crippen molar-refractivity contribution in [3.8, 4) is 11.8 Å². The van der Waals surface area contributed by atoms with Gasteiger partial charge in [-0.25, -0.2) is 0 Å². The maximum Gasteiger partial charge on any atom is 0.573 e. The van der Waals surface area contributed by atoms with Crippen LogP contribution in [0.15, 0.2) is 12.1 Å². The number of ether oxygens (including phenoxy) is 2. The summed E-state index contributed by atoms with van der Waals surface area (Å²) in [6.45, 7) is 1.13. The van der Waals surface area contributed by atoms with Gasteiger partial charge in [0, 0.05) is 0 Å². The summed E-state index contributed by atoms with van der Waals surface area (Å²) in [5.74, 6) is -1.44. The molecule has 1 N–H and O–H groups in total. The molecular formula is C13H12F3NO4. The molecule has 0 fully saturated rings. The highest BCUT2D eigenvalue weighted by atomic mass is 19.4. The van der Waals surface area contributed by atoms with E-state index in [1.165, 1.54) is 0 Å². The topological polar surface area (TPSA) is 79.6 Å². The lowest BCUT2D eigenvalue weighted by atomic mass is 9.98. The van der Waals surface area contributed by atoms with E-state index in [0.717, 1.165) is 12.1 Å². The summed E-state index contributed by atoms with van der Waals surface area (Å²) in [4.78, 5) is 11.5. The van der Waals surface area contributed by atoms with E-state index in [-0.39, 0.29) is 17.7 Å². The van der Waals surface area contributed by atoms with Gasteiger partial charge >= 0.3 is 12.3 Å². The first kappa shape index (κ1) is 16.8. The number of rotatable bonds is 5. The molecule has 0 aliphatic rings. The summed E-state index contributed by atoms with van der Waals surface area (Å²) in [6.07, 6.45) is -5.39. The van der Waals surface area contributed by atoms with E-state index in [0.29, 0.717) is 0 Å². The van der Waals surface area contributed by atoms with Crippen molar-refractivity contribution in [1.82, 2.24) is 0 Å². The van der Waals surface area contributed by atoms with E-state index in [2.05, 4.69) is 4.74 Å². The molecule has 0 saturated heterocycles. The Morgan fingerprint density at radius 1 is 1.43 bits per heavy atom. The number of alkyl halides is 3. The quantitative estimate of drug-likeness (QED) is 0.842. The van der Waals surface area contributed by atoms with E-state index < -0.39 is 36.7 Å². The maximum absolute atomic E-state index is 12.3. The molecule has 0 unspecified atom stereocenters. The van der Waals surface area contributed by atoms with Gasteiger partial charge in [-0.05, 0) is 24.1 Å². The SMILES string of the molecule is CCOC(=O)Cc1c(CO)ccc(OC(F)(F)F)c1C#N. The number of hydrogen-bond donors (Lipinski definition) is 1. The standard InChI is InChI=1S/C13H12F3NO4/c1-2-20-12(19)5-9-8(7-18)3-4-11(10(9)6-17)21-13(14,15)16/h3-4,18H,2,5,7H2,1H3. The molecule has 8 heteroatoms. The number of halogens is 3. The first-order valence-electron chi connectivity index (χ1n) is 5.89. The second-order valence-electron chi connectivity index (χ2n) is 3.88. The number of carbonyl (C=O) groups is 1. The third-order valence-corrected chi connectivity index (χ3v) is 2.51. The second-order valence-corrected chi connectivity index (χ2v) is 3.88. The van der Waals surface area contributed by atoms with E-state index >= 15 is 0 Å². The molecule has 21 heavy (non-hydrogen) atoms. The third kappa shape index (κ3) is 4.65. The van der Waals surface area contributed by atoms with Gasteiger partial charge in [-0.2, -0.15) is 5.26 Å². The van der Waals surface area contributed by atoms with Gasteiger partial charge in [-0.15, -0.1) is 13.2 Å². The minimum Gasteiger partial charge on any atom is -0.466 e. The molecular weight excluding hydrogens is 291 g/mol. The summed E-state index contributed by atoms with van der Waals surface area (Å²) in [6, 6.07) is 3.65. The summed E-state index contributed by atoms with van der Waals surface area (Å²) in [5.41, 5.74) is -0.332. The Kier molecular flexibility index (Phi) is 5.55. The van der Waals surface area contributed by atoms with E-state index in [1.807, 2.05) is 0 Å². The van der Waals surface area contributed by atoms with Crippen LogP contribution in [0, 0.1) is 11.3 Å². The molecule has 0 amide bonds. The molecule has 0 atom stereocenters. The van der Waals surface area contributed by atoms with Crippen molar-refractivity contribution in [2.45, 2.75) is 26.3 Å². The number of benzene rings is 1. The number of aliphatic hydroxyl groups is 1. The molecule has 0 radical (unpaired) electrons. The normalized spacial score (nSPS) is 10.9. The Balaban J connectivity index is 3.27. The van der Waals surface area contributed by atoms with E-state index in [4.69, 9.17) is 10.00 Å². The van der Waals surface area contributed by atoms with Crippen LogP contribution in [0.5, 0.6) is 5.75 Å². The van der Waals surface area contributed by atoms with Crippen molar-refractivity contribution in [3.05, 3.63) is 28.8 Å². The van der Waals surface area contributed by atoms with Gasteiger partial charge in [0.25, 0.3) is 0 Å². The number of aliphatic hydroxyl groups excluding tert-OH is 1. The van der Waals surface area contributed by atoms with Gasteiger partial charge in [-0.3, -0.25) is 4.79 Å². The zero-order valence-corrected chi connectivity index (χ0v) is 11.0. The minimum atomic E-state index is -4.96. The Labute approximate surface area is 118 Å². The highest BCUT2D eigenvalue weighted by Gasteiger charge is 2.33. The van der Waals surface area contributed by atoms with Crippen LogP contribution in [0.25, 0.3) is 0 Å². The van der Waals surface area contributed by atoms with Gasteiger partial charge in [0.2, 0.25) is 0 Å². The van der Waals surface area contributed by atoms with Crippen LogP contribution in [0.4, 0.5) is 13.2 Å². The van der Waals surface area contributed by atoms with Crippen LogP contribution in [0.1, 0.15) is 23.6 Å². The van der Waals surface area contributed by atoms with Crippen molar-refractivity contribution >= 4 is 5.97 Å². The predicted molar refractivity (Wildman–Crippen MR) is 64.1 cm³/mol. The molecule has 0 saturated carbocycles. The number of nitrogens with zero attached hydrogens (tertiary/aromatic N) is 1. The Morgan fingerprint density at radius 3 is 2.57 bits per heavy atom. The second kappa shape index (κ2) is 6.95. The molecule has 0 spiro atoms. The summed E-state index contributed by atoms with van der Waals surface area (Å²) < 4.78 is 45.3. The molecule has 0 aromatic heterocycles. The number of hydrogen-bond acceptors (Lipinski definition) is 5. The third-order valence-electron chi connectivity index (χ3n) is 2.51. The van der Waals surface area contributed by atoms with Crippen molar-refractivity contribution in [2.24, 2.45) is 0 Å². The first-order chi connectivity index (χ1) is 9.82. The molecule has 1 rings (SSSR count). The van der Waals surface area contributed by atoms with Gasteiger partial charge in [0.15, 0.2) is 0 Å². The molecule has 1 aromatic carbocycles. The van der Waals surface area contributed by atoms with Gasteiger partial charge in [0.1, 0.15) is 11.8 Å². The van der Waals surface area contributed by atoms with Crippen molar-refractivity contribution in [1.29, 1.82) is 5.26 Å². The van der Waals surface area contributed by atoms with Crippen LogP contribution in [-0.2, 0) is 22.6 Å². The highest BCUT2D eigenvalue weighted by molar-refractivity contribution is 5.75. The number of carbonyl (C=O) groups excluding carboxylic acids is 1. The molecule has 5 nitrogen and oxygen atoms in total. The average molecular weight is 303 g/mol. The van der Waals surface area contributed by atoms with Gasteiger partial charge < -0.3 is 14.6 Å². The molecule has 1 aromatic rings. The maximum atomic E-state index is 12.3. The predicted octanol–water partition coefficient (Wildman–Crippen LogP) is 2.05. The van der Waals surface area contributed by atoms with Crippen LogP contribution in [0.3, 0.4) is 0 Å². The summed E-state index contributed by atoms with van der Waals surface area (Å²) in [7, 11) is 0. The van der Waals surface area contributed by atoms with Crippen LogP contribution >= 0.6 is 0 Å². The largest absolute Gasteiger partial charge is 0.573 e. The van der Waals surface area contributed by atoms with Crippen molar-refractivity contribution in [3.63, 3.8) is 0 Å². The lowest BCUT2D eigenvalue weighted by Crippen LogP contribution is -2.19. The van der Waals surface area contributed by atoms with Crippen LogP contribution in [0.2, 0.25) is 0 Å².